The molecule has 0 radical (unpaired) electrons. The molecule has 0 saturated carbocycles. The Morgan fingerprint density at radius 1 is 1.53 bits per heavy atom. The lowest BCUT2D eigenvalue weighted by atomic mass is 9.94. The smallest absolute Gasteiger partial charge is 0.253 e. The molecule has 0 spiro atoms. The summed E-state index contributed by atoms with van der Waals surface area (Å²) in [5, 5.41) is 6.01. The van der Waals surface area contributed by atoms with Crippen LogP contribution in [0.4, 0.5) is 4.39 Å². The zero-order valence-corrected chi connectivity index (χ0v) is 10.8. The Labute approximate surface area is 111 Å². The van der Waals surface area contributed by atoms with Crippen LogP contribution >= 0.6 is 0 Å². The van der Waals surface area contributed by atoms with E-state index in [2.05, 4.69) is 21.3 Å². The van der Waals surface area contributed by atoms with Crippen LogP contribution in [0.5, 0.6) is 0 Å². The summed E-state index contributed by atoms with van der Waals surface area (Å²) in [6, 6.07) is 0. The van der Waals surface area contributed by atoms with Gasteiger partial charge in [-0.1, -0.05) is 6.08 Å². The Morgan fingerprint density at radius 2 is 2.42 bits per heavy atom. The number of nitrogens with zero attached hydrogens (tertiary/aromatic N) is 1. The van der Waals surface area contributed by atoms with Crippen molar-refractivity contribution in [1.29, 1.82) is 0 Å². The second-order valence-corrected chi connectivity index (χ2v) is 4.95. The Hall–Kier alpha value is -1.62. The number of nitrogens with one attached hydrogen (secondary N) is 2. The highest BCUT2D eigenvalue weighted by molar-refractivity contribution is 5.97. The molecule has 1 aliphatic carbocycles. The van der Waals surface area contributed by atoms with Gasteiger partial charge in [-0.05, 0) is 24.0 Å². The van der Waals surface area contributed by atoms with E-state index in [0.717, 1.165) is 43.6 Å². The van der Waals surface area contributed by atoms with Crippen molar-refractivity contribution in [2.45, 2.75) is 19.4 Å². The maximum Gasteiger partial charge on any atom is 0.253 e. The minimum Gasteiger partial charge on any atom is -0.349 e. The molecule has 0 saturated heterocycles. The highest BCUT2D eigenvalue weighted by Gasteiger charge is 2.25. The van der Waals surface area contributed by atoms with Gasteiger partial charge in [-0.25, -0.2) is 4.39 Å². The molecule has 5 heteroatoms. The van der Waals surface area contributed by atoms with Crippen molar-refractivity contribution in [3.63, 3.8) is 0 Å². The van der Waals surface area contributed by atoms with Crippen LogP contribution in [0.15, 0.2) is 12.3 Å². The van der Waals surface area contributed by atoms with Gasteiger partial charge in [0.05, 0.1) is 5.56 Å². The summed E-state index contributed by atoms with van der Waals surface area (Å²) in [5.74, 6) is -0.151. The van der Waals surface area contributed by atoms with Crippen LogP contribution in [0.25, 0.3) is 5.57 Å². The van der Waals surface area contributed by atoms with Crippen LogP contribution in [-0.4, -0.2) is 36.8 Å². The van der Waals surface area contributed by atoms with E-state index >= 15 is 0 Å². The van der Waals surface area contributed by atoms with Gasteiger partial charge in [0.1, 0.15) is 6.67 Å². The van der Waals surface area contributed by atoms with E-state index in [9.17, 15) is 9.18 Å². The van der Waals surface area contributed by atoms with Crippen LogP contribution in [0, 0.1) is 0 Å². The maximum absolute atomic E-state index is 12.2. The molecule has 0 aromatic carbocycles. The number of halogens is 1. The van der Waals surface area contributed by atoms with E-state index in [1.165, 1.54) is 11.3 Å². The van der Waals surface area contributed by atoms with Gasteiger partial charge in [-0.2, -0.15) is 0 Å². The van der Waals surface area contributed by atoms with Crippen molar-refractivity contribution in [3.05, 3.63) is 29.1 Å². The molecule has 2 N–H and O–H groups in total. The van der Waals surface area contributed by atoms with Gasteiger partial charge in [0, 0.05) is 38.1 Å². The Morgan fingerprint density at radius 3 is 3.26 bits per heavy atom. The fraction of sp³-hybridized carbons (Fsp3) is 0.500. The number of hydrogen-bond acceptors (Lipinski definition) is 2. The number of rotatable bonds is 3. The first kappa shape index (κ1) is 12.4. The maximum atomic E-state index is 12.2. The molecule has 0 fully saturated rings. The number of allylic oxidation sites excluding steroid dienone is 1. The third kappa shape index (κ3) is 2.18. The van der Waals surface area contributed by atoms with E-state index in [1.54, 1.807) is 0 Å². The fourth-order valence-electron chi connectivity index (χ4n) is 2.92. The third-order valence-corrected chi connectivity index (χ3v) is 3.74. The minimum atomic E-state index is -0.524. The van der Waals surface area contributed by atoms with Crippen LogP contribution < -0.4 is 10.6 Å². The van der Waals surface area contributed by atoms with Gasteiger partial charge < -0.3 is 15.2 Å². The van der Waals surface area contributed by atoms with Crippen molar-refractivity contribution >= 4 is 11.5 Å². The second-order valence-electron chi connectivity index (χ2n) is 4.95. The molecular formula is C14H18FN3O. The van der Waals surface area contributed by atoms with E-state index in [1.807, 2.05) is 6.20 Å². The molecular weight excluding hydrogens is 245 g/mol. The summed E-state index contributed by atoms with van der Waals surface area (Å²) < 4.78 is 14.3. The van der Waals surface area contributed by atoms with E-state index in [0.29, 0.717) is 0 Å². The van der Waals surface area contributed by atoms with Gasteiger partial charge in [-0.3, -0.25) is 4.79 Å². The molecule has 0 unspecified atom stereocenters. The minimum absolute atomic E-state index is 0.0863. The molecule has 2 aliphatic rings. The third-order valence-electron chi connectivity index (χ3n) is 3.74. The van der Waals surface area contributed by atoms with E-state index in [4.69, 9.17) is 0 Å². The molecule has 1 aromatic rings. The van der Waals surface area contributed by atoms with Crippen molar-refractivity contribution in [1.82, 2.24) is 15.2 Å². The quantitative estimate of drug-likeness (QED) is 0.858. The number of carbonyl (C=O) groups is 1. The standard InChI is InChI=1S/C14H18FN3O/c15-4-5-17-14(19)12-9-18-7-6-16-8-10-2-1-3-11(12)13(10)18/h2,9,16H,1,3-8H2,(H,17,19). The van der Waals surface area contributed by atoms with Crippen LogP contribution in [-0.2, 0) is 13.0 Å². The SMILES string of the molecule is O=C(NCCF)c1cn2c3c1CCC=C3CNCC2. The molecule has 2 heterocycles. The van der Waals surface area contributed by atoms with E-state index < -0.39 is 6.67 Å². The van der Waals surface area contributed by atoms with Crippen LogP contribution in [0.2, 0.25) is 0 Å². The molecule has 1 aliphatic heterocycles. The molecule has 19 heavy (non-hydrogen) atoms. The van der Waals surface area contributed by atoms with Gasteiger partial charge in [0.2, 0.25) is 0 Å². The topological polar surface area (TPSA) is 46.1 Å². The molecule has 1 aromatic heterocycles. The molecule has 4 nitrogen and oxygen atoms in total. The molecule has 0 bridgehead atoms. The zero-order chi connectivity index (χ0) is 13.2. The summed E-state index contributed by atoms with van der Waals surface area (Å²) >= 11 is 0. The molecule has 3 rings (SSSR count). The van der Waals surface area contributed by atoms with E-state index in [-0.39, 0.29) is 12.5 Å². The van der Waals surface area contributed by atoms with Crippen molar-refractivity contribution < 1.29 is 9.18 Å². The summed E-state index contributed by atoms with van der Waals surface area (Å²) in [7, 11) is 0. The second kappa shape index (κ2) is 5.17. The predicted octanol–water partition coefficient (Wildman–Crippen LogP) is 1.12. The predicted molar refractivity (Wildman–Crippen MR) is 71.9 cm³/mol. The van der Waals surface area contributed by atoms with Crippen LogP contribution in [0.1, 0.15) is 28.0 Å². The number of amides is 1. The molecule has 102 valence electrons. The van der Waals surface area contributed by atoms with Crippen molar-refractivity contribution in [3.8, 4) is 0 Å². The zero-order valence-electron chi connectivity index (χ0n) is 10.8. The summed E-state index contributed by atoms with van der Waals surface area (Å²) in [5.41, 5.74) is 4.32. The average Bonchev–Trinajstić information content (AvgIpc) is 2.67. The Bertz CT molecular complexity index is 533. The largest absolute Gasteiger partial charge is 0.349 e. The lowest BCUT2D eigenvalue weighted by Gasteiger charge is -2.15. The monoisotopic (exact) mass is 263 g/mol. The highest BCUT2D eigenvalue weighted by Crippen LogP contribution is 2.31. The number of hydrogen-bond donors (Lipinski definition) is 2. The van der Waals surface area contributed by atoms with Gasteiger partial charge in [0.15, 0.2) is 0 Å². The fourth-order valence-corrected chi connectivity index (χ4v) is 2.92. The number of aromatic nitrogens is 1. The Balaban J connectivity index is 1.98. The first-order valence-corrected chi connectivity index (χ1v) is 6.77. The highest BCUT2D eigenvalue weighted by atomic mass is 19.1. The van der Waals surface area contributed by atoms with Crippen molar-refractivity contribution in [2.75, 3.05) is 26.3 Å². The molecule has 1 amide bonds. The normalized spacial score (nSPS) is 17.4. The first-order chi connectivity index (χ1) is 9.31. The van der Waals surface area contributed by atoms with Gasteiger partial charge >= 0.3 is 0 Å². The number of carbonyl (C=O) groups excluding carboxylic acids is 1. The number of alkyl halides is 1. The van der Waals surface area contributed by atoms with Gasteiger partial charge in [0.25, 0.3) is 5.91 Å². The lowest BCUT2D eigenvalue weighted by molar-refractivity contribution is 0.0950. The average molecular weight is 263 g/mol. The summed E-state index contributed by atoms with van der Waals surface area (Å²) in [4.78, 5) is 12.1. The van der Waals surface area contributed by atoms with Crippen LogP contribution in [0.3, 0.4) is 0 Å². The van der Waals surface area contributed by atoms with Gasteiger partial charge in [-0.15, -0.1) is 0 Å². The Kier molecular flexibility index (Phi) is 3.38. The first-order valence-electron chi connectivity index (χ1n) is 6.77. The summed E-state index contributed by atoms with van der Waals surface area (Å²) in [6.07, 6.45) is 6.03. The molecule has 0 atom stereocenters. The summed E-state index contributed by atoms with van der Waals surface area (Å²) in [6.45, 7) is 2.20. The lowest BCUT2D eigenvalue weighted by Crippen LogP contribution is -2.26. The van der Waals surface area contributed by atoms with Crippen molar-refractivity contribution in [2.24, 2.45) is 0 Å².